The third-order valence-electron chi connectivity index (χ3n) is 4.91. The second-order valence-electron chi connectivity index (χ2n) is 6.54. The smallest absolute Gasteiger partial charge is 0.226 e. The van der Waals surface area contributed by atoms with Gasteiger partial charge in [0.05, 0.1) is 5.41 Å². The van der Waals surface area contributed by atoms with Crippen LogP contribution < -0.4 is 10.6 Å². The maximum absolute atomic E-state index is 12.7. The van der Waals surface area contributed by atoms with Gasteiger partial charge in [0.25, 0.3) is 0 Å². The zero-order valence-corrected chi connectivity index (χ0v) is 12.6. The summed E-state index contributed by atoms with van der Waals surface area (Å²) in [7, 11) is 0. The van der Waals surface area contributed by atoms with Crippen LogP contribution in [0.4, 0.5) is 0 Å². The van der Waals surface area contributed by atoms with Crippen molar-refractivity contribution >= 4 is 5.91 Å². The fourth-order valence-electron chi connectivity index (χ4n) is 3.40. The molecule has 1 atom stereocenters. The van der Waals surface area contributed by atoms with E-state index in [2.05, 4.69) is 24.5 Å². The number of nitrogens with one attached hydrogen (secondary N) is 2. The van der Waals surface area contributed by atoms with E-state index in [9.17, 15) is 4.79 Å². The molecule has 0 radical (unpaired) electrons. The van der Waals surface area contributed by atoms with E-state index in [4.69, 9.17) is 0 Å². The van der Waals surface area contributed by atoms with Gasteiger partial charge >= 0.3 is 0 Å². The third kappa shape index (κ3) is 3.95. The summed E-state index contributed by atoms with van der Waals surface area (Å²) in [5.41, 5.74) is -0.0863. The Morgan fingerprint density at radius 1 is 1.32 bits per heavy atom. The summed E-state index contributed by atoms with van der Waals surface area (Å²) in [5, 5.41) is 6.75. The van der Waals surface area contributed by atoms with Crippen LogP contribution in [0.3, 0.4) is 0 Å². The summed E-state index contributed by atoms with van der Waals surface area (Å²) in [5.74, 6) is 1.23. The topological polar surface area (TPSA) is 41.1 Å². The van der Waals surface area contributed by atoms with Crippen LogP contribution in [-0.2, 0) is 4.79 Å². The van der Waals surface area contributed by atoms with E-state index in [1.807, 2.05) is 0 Å². The molecule has 110 valence electrons. The SMILES string of the molecule is CCCC1(C(=O)NC(CC)CC2CC2)CCNCC1. The van der Waals surface area contributed by atoms with Crippen LogP contribution >= 0.6 is 0 Å². The summed E-state index contributed by atoms with van der Waals surface area (Å²) in [6, 6.07) is 0.406. The zero-order chi connectivity index (χ0) is 13.7. The fraction of sp³-hybridized carbons (Fsp3) is 0.938. The molecule has 19 heavy (non-hydrogen) atoms. The molecule has 0 aromatic heterocycles. The van der Waals surface area contributed by atoms with Gasteiger partial charge in [-0.1, -0.05) is 33.1 Å². The van der Waals surface area contributed by atoms with Crippen molar-refractivity contribution in [2.45, 2.75) is 71.3 Å². The van der Waals surface area contributed by atoms with Crippen molar-refractivity contribution in [3.05, 3.63) is 0 Å². The molecule has 3 heteroatoms. The Kier molecular flexibility index (Phi) is 5.26. The standard InChI is InChI=1S/C16H30N2O/c1-3-7-16(8-10-17-11-9-16)15(19)18-14(4-2)12-13-5-6-13/h13-14,17H,3-12H2,1-2H3,(H,18,19). The monoisotopic (exact) mass is 266 g/mol. The summed E-state index contributed by atoms with van der Waals surface area (Å²) in [4.78, 5) is 12.7. The van der Waals surface area contributed by atoms with Gasteiger partial charge in [-0.15, -0.1) is 0 Å². The second kappa shape index (κ2) is 6.74. The van der Waals surface area contributed by atoms with Crippen molar-refractivity contribution in [3.63, 3.8) is 0 Å². The van der Waals surface area contributed by atoms with Gasteiger partial charge in [-0.05, 0) is 51.1 Å². The molecule has 1 aliphatic carbocycles. The van der Waals surface area contributed by atoms with Crippen LogP contribution in [0.15, 0.2) is 0 Å². The number of carbonyl (C=O) groups excluding carboxylic acids is 1. The quantitative estimate of drug-likeness (QED) is 0.744. The minimum Gasteiger partial charge on any atom is -0.353 e. The van der Waals surface area contributed by atoms with Crippen molar-refractivity contribution in [3.8, 4) is 0 Å². The van der Waals surface area contributed by atoms with Gasteiger partial charge in [-0.3, -0.25) is 4.79 Å². The van der Waals surface area contributed by atoms with Crippen molar-refractivity contribution in [1.82, 2.24) is 10.6 Å². The number of hydrogen-bond donors (Lipinski definition) is 2. The number of piperidine rings is 1. The van der Waals surface area contributed by atoms with Crippen molar-refractivity contribution in [2.75, 3.05) is 13.1 Å². The number of carbonyl (C=O) groups is 1. The Bertz CT molecular complexity index is 288. The third-order valence-corrected chi connectivity index (χ3v) is 4.91. The molecule has 3 nitrogen and oxygen atoms in total. The zero-order valence-electron chi connectivity index (χ0n) is 12.6. The molecule has 1 heterocycles. The van der Waals surface area contributed by atoms with Crippen LogP contribution in [0.5, 0.6) is 0 Å². The Morgan fingerprint density at radius 3 is 2.53 bits per heavy atom. The number of amides is 1. The number of rotatable bonds is 7. The molecule has 2 rings (SSSR count). The lowest BCUT2D eigenvalue weighted by atomic mass is 9.74. The first-order valence-corrected chi connectivity index (χ1v) is 8.22. The van der Waals surface area contributed by atoms with Crippen molar-refractivity contribution < 1.29 is 4.79 Å². The van der Waals surface area contributed by atoms with Crippen LogP contribution in [0, 0.1) is 11.3 Å². The Balaban J connectivity index is 1.93. The molecular formula is C16H30N2O. The highest BCUT2D eigenvalue weighted by Crippen LogP contribution is 2.36. The highest BCUT2D eigenvalue weighted by molar-refractivity contribution is 5.83. The van der Waals surface area contributed by atoms with Gasteiger partial charge < -0.3 is 10.6 Å². The van der Waals surface area contributed by atoms with Crippen LogP contribution in [0.2, 0.25) is 0 Å². The lowest BCUT2D eigenvalue weighted by molar-refractivity contribution is -0.134. The minimum absolute atomic E-state index is 0.0863. The summed E-state index contributed by atoms with van der Waals surface area (Å²) < 4.78 is 0. The average molecular weight is 266 g/mol. The normalized spacial score (nSPS) is 23.9. The molecular weight excluding hydrogens is 236 g/mol. The van der Waals surface area contributed by atoms with E-state index in [1.54, 1.807) is 0 Å². The van der Waals surface area contributed by atoms with Crippen LogP contribution in [0.25, 0.3) is 0 Å². The van der Waals surface area contributed by atoms with E-state index in [-0.39, 0.29) is 5.41 Å². The maximum Gasteiger partial charge on any atom is 0.226 e. The van der Waals surface area contributed by atoms with E-state index in [0.717, 1.165) is 51.1 Å². The molecule has 2 fully saturated rings. The van der Waals surface area contributed by atoms with Crippen LogP contribution in [-0.4, -0.2) is 25.0 Å². The first kappa shape index (κ1) is 14.8. The van der Waals surface area contributed by atoms with E-state index in [0.29, 0.717) is 11.9 Å². The largest absolute Gasteiger partial charge is 0.353 e. The first-order chi connectivity index (χ1) is 9.20. The van der Waals surface area contributed by atoms with Crippen molar-refractivity contribution in [1.29, 1.82) is 0 Å². The van der Waals surface area contributed by atoms with E-state index < -0.39 is 0 Å². The molecule has 0 spiro atoms. The van der Waals surface area contributed by atoms with Gasteiger partial charge in [-0.2, -0.15) is 0 Å². The van der Waals surface area contributed by atoms with Crippen molar-refractivity contribution in [2.24, 2.45) is 11.3 Å². The van der Waals surface area contributed by atoms with Gasteiger partial charge in [0, 0.05) is 6.04 Å². The van der Waals surface area contributed by atoms with E-state index in [1.165, 1.54) is 19.3 Å². The van der Waals surface area contributed by atoms with E-state index >= 15 is 0 Å². The molecule has 0 bridgehead atoms. The molecule has 1 aliphatic heterocycles. The summed E-state index contributed by atoms with van der Waals surface area (Å²) in [6.07, 6.45) is 9.17. The first-order valence-electron chi connectivity index (χ1n) is 8.22. The Labute approximate surface area is 117 Å². The van der Waals surface area contributed by atoms with Gasteiger partial charge in [-0.25, -0.2) is 0 Å². The lowest BCUT2D eigenvalue weighted by Gasteiger charge is -2.37. The Hall–Kier alpha value is -0.570. The molecule has 1 unspecified atom stereocenters. The molecule has 1 saturated carbocycles. The Morgan fingerprint density at radius 2 is 2.00 bits per heavy atom. The fourth-order valence-corrected chi connectivity index (χ4v) is 3.40. The molecule has 1 amide bonds. The highest BCUT2D eigenvalue weighted by Gasteiger charge is 2.39. The second-order valence-corrected chi connectivity index (χ2v) is 6.54. The predicted molar refractivity (Wildman–Crippen MR) is 79.0 cm³/mol. The predicted octanol–water partition coefficient (Wildman–Crippen LogP) is 2.85. The van der Waals surface area contributed by atoms with Gasteiger partial charge in [0.2, 0.25) is 5.91 Å². The molecule has 0 aromatic carbocycles. The molecule has 1 saturated heterocycles. The van der Waals surface area contributed by atoms with Crippen LogP contribution in [0.1, 0.15) is 65.2 Å². The average Bonchev–Trinajstić information content (AvgIpc) is 3.23. The molecule has 2 N–H and O–H groups in total. The molecule has 0 aromatic rings. The summed E-state index contributed by atoms with van der Waals surface area (Å²) >= 11 is 0. The lowest BCUT2D eigenvalue weighted by Crippen LogP contribution is -2.50. The van der Waals surface area contributed by atoms with Gasteiger partial charge in [0.1, 0.15) is 0 Å². The van der Waals surface area contributed by atoms with Gasteiger partial charge in [0.15, 0.2) is 0 Å². The maximum atomic E-state index is 12.7. The summed E-state index contributed by atoms with van der Waals surface area (Å²) in [6.45, 7) is 6.38. The minimum atomic E-state index is -0.0863. The number of hydrogen-bond acceptors (Lipinski definition) is 2. The highest BCUT2D eigenvalue weighted by atomic mass is 16.2. The molecule has 2 aliphatic rings.